The third kappa shape index (κ3) is 18.0. The molecule has 0 saturated carbocycles. The molecule has 5 N–H and O–H groups in total. The number of carbonyl (C=O) groups is 2. The van der Waals surface area contributed by atoms with Gasteiger partial charge in [-0.15, -0.1) is 0 Å². The molecular formula is C18H36N6O7. The highest BCUT2D eigenvalue weighted by Crippen LogP contribution is 2.01. The van der Waals surface area contributed by atoms with Crippen LogP contribution in [0.2, 0.25) is 0 Å². The zero-order chi connectivity index (χ0) is 23.5. The van der Waals surface area contributed by atoms with Gasteiger partial charge in [0.1, 0.15) is 12.6 Å². The molecule has 0 heterocycles. The first-order chi connectivity index (χ1) is 14.8. The van der Waals surface area contributed by atoms with E-state index in [1.165, 1.54) is 0 Å². The predicted molar refractivity (Wildman–Crippen MR) is 114 cm³/mol. The van der Waals surface area contributed by atoms with Crippen LogP contribution >= 0.6 is 0 Å². The van der Waals surface area contributed by atoms with Gasteiger partial charge in [-0.05, 0) is 25.2 Å². The Balaban J connectivity index is 4.46. The molecule has 0 radical (unpaired) electrons. The third-order valence-corrected chi connectivity index (χ3v) is 3.85. The van der Waals surface area contributed by atoms with Gasteiger partial charge in [0, 0.05) is 20.2 Å². The van der Waals surface area contributed by atoms with Crippen LogP contribution in [0.3, 0.4) is 0 Å². The molecule has 0 fully saturated rings. The van der Waals surface area contributed by atoms with Crippen molar-refractivity contribution in [3.8, 4) is 0 Å². The van der Waals surface area contributed by atoms with Crippen molar-refractivity contribution in [3.05, 3.63) is 10.1 Å². The number of nitro groups is 1. The number of hydrazine groups is 1. The molecular weight excluding hydrogens is 412 g/mol. The lowest BCUT2D eigenvalue weighted by molar-refractivity contribution is -0.525. The first kappa shape index (κ1) is 28.5. The van der Waals surface area contributed by atoms with Gasteiger partial charge < -0.3 is 30.6 Å². The summed E-state index contributed by atoms with van der Waals surface area (Å²) in [4.78, 5) is 38.7. The molecule has 180 valence electrons. The number of guanidine groups is 1. The van der Waals surface area contributed by atoms with Gasteiger partial charge in [0.15, 0.2) is 5.03 Å². The van der Waals surface area contributed by atoms with Crippen LogP contribution in [0.1, 0.15) is 33.1 Å². The quantitative estimate of drug-likeness (QED) is 0.0685. The van der Waals surface area contributed by atoms with E-state index in [1.54, 1.807) is 12.5 Å². The molecule has 0 aromatic heterocycles. The van der Waals surface area contributed by atoms with Crippen LogP contribution in [0.5, 0.6) is 0 Å². The maximum atomic E-state index is 12.4. The number of ether oxygens (including phenoxy) is 3. The summed E-state index contributed by atoms with van der Waals surface area (Å²) in [6.07, 6.45) is 1.48. The molecule has 0 saturated heterocycles. The molecule has 1 atom stereocenters. The number of nitrogens with two attached hydrogens (primary N) is 1. The lowest BCUT2D eigenvalue weighted by Crippen LogP contribution is -2.48. The summed E-state index contributed by atoms with van der Waals surface area (Å²) in [5, 5.41) is 14.9. The zero-order valence-electron chi connectivity index (χ0n) is 18.6. The Labute approximate surface area is 182 Å². The van der Waals surface area contributed by atoms with Gasteiger partial charge in [0.05, 0.1) is 26.4 Å². The first-order valence-electron chi connectivity index (χ1n) is 10.2. The Morgan fingerprint density at radius 3 is 2.45 bits per heavy atom. The van der Waals surface area contributed by atoms with Crippen molar-refractivity contribution < 1.29 is 28.8 Å². The van der Waals surface area contributed by atoms with E-state index in [0.29, 0.717) is 38.7 Å². The standard InChI is InChI=1S/C18H36N6O7/c1-14(2)6-8-20-17(26)15(5-4-7-21-18(19)23-24(27)28)22-16(25)13-31-12-11-30-10-9-29-3/h14-15H,4-13H2,1-3H3,(H,20,26)(H,22,25)(H3,19,21,23)/t15-/m0/s1. The maximum absolute atomic E-state index is 12.4. The topological polar surface area (TPSA) is 179 Å². The van der Waals surface area contributed by atoms with Crippen LogP contribution in [-0.4, -0.2) is 82.1 Å². The number of rotatable bonds is 18. The number of nitrogens with one attached hydrogen (secondary N) is 3. The fraction of sp³-hybridized carbons (Fsp3) is 0.833. The lowest BCUT2D eigenvalue weighted by Gasteiger charge is -2.18. The molecule has 2 amide bonds. The molecule has 0 aliphatic carbocycles. The van der Waals surface area contributed by atoms with E-state index in [2.05, 4.69) is 15.6 Å². The van der Waals surface area contributed by atoms with E-state index in [4.69, 9.17) is 19.9 Å². The molecule has 0 bridgehead atoms. The molecule has 0 aromatic rings. The van der Waals surface area contributed by atoms with E-state index in [1.807, 2.05) is 13.8 Å². The molecule has 13 heteroatoms. The summed E-state index contributed by atoms with van der Waals surface area (Å²) in [6.45, 7) is 6.02. The highest BCUT2D eigenvalue weighted by molar-refractivity contribution is 5.88. The minimum Gasteiger partial charge on any atom is -0.382 e. The zero-order valence-corrected chi connectivity index (χ0v) is 18.6. The van der Waals surface area contributed by atoms with Gasteiger partial charge in [-0.3, -0.25) is 9.59 Å². The summed E-state index contributed by atoms with van der Waals surface area (Å²) >= 11 is 0. The summed E-state index contributed by atoms with van der Waals surface area (Å²) < 4.78 is 15.3. The predicted octanol–water partition coefficient (Wildman–Crippen LogP) is -0.811. The Morgan fingerprint density at radius 2 is 1.81 bits per heavy atom. The van der Waals surface area contributed by atoms with Crippen molar-refractivity contribution in [1.82, 2.24) is 16.1 Å². The summed E-state index contributed by atoms with van der Waals surface area (Å²) in [7, 11) is 1.57. The fourth-order valence-electron chi connectivity index (χ4n) is 2.26. The molecule has 31 heavy (non-hydrogen) atoms. The number of aliphatic imine (C=N–C) groups is 1. The van der Waals surface area contributed by atoms with Crippen LogP contribution in [0, 0.1) is 16.0 Å². The Hall–Kier alpha value is -2.51. The van der Waals surface area contributed by atoms with Crippen LogP contribution in [0.25, 0.3) is 0 Å². The number of amides is 2. The monoisotopic (exact) mass is 448 g/mol. The van der Waals surface area contributed by atoms with E-state index >= 15 is 0 Å². The fourth-order valence-corrected chi connectivity index (χ4v) is 2.26. The lowest BCUT2D eigenvalue weighted by atomic mass is 10.1. The van der Waals surface area contributed by atoms with Crippen molar-refractivity contribution in [2.45, 2.75) is 39.2 Å². The highest BCUT2D eigenvalue weighted by Gasteiger charge is 2.20. The van der Waals surface area contributed by atoms with Gasteiger partial charge in [-0.25, -0.2) is 15.1 Å². The van der Waals surface area contributed by atoms with E-state index in [-0.39, 0.29) is 38.0 Å². The molecule has 0 aromatic carbocycles. The number of carbonyl (C=O) groups excluding carboxylic acids is 2. The van der Waals surface area contributed by atoms with Crippen molar-refractivity contribution in [1.29, 1.82) is 0 Å². The molecule has 0 unspecified atom stereocenters. The van der Waals surface area contributed by atoms with Crippen molar-refractivity contribution in [2.75, 3.05) is 53.2 Å². The Morgan fingerprint density at radius 1 is 1.13 bits per heavy atom. The smallest absolute Gasteiger partial charge is 0.251 e. The van der Waals surface area contributed by atoms with Crippen LogP contribution in [-0.2, 0) is 23.8 Å². The molecule has 0 rings (SSSR count). The second-order valence-electron chi connectivity index (χ2n) is 7.03. The average Bonchev–Trinajstić information content (AvgIpc) is 2.68. The van der Waals surface area contributed by atoms with Gasteiger partial charge in [-0.2, -0.15) is 0 Å². The normalized spacial score (nSPS) is 12.5. The Bertz CT molecular complexity index is 560. The van der Waals surface area contributed by atoms with Gasteiger partial charge >= 0.3 is 0 Å². The molecule has 0 aliphatic rings. The van der Waals surface area contributed by atoms with E-state index < -0.39 is 17.0 Å². The largest absolute Gasteiger partial charge is 0.382 e. The highest BCUT2D eigenvalue weighted by atomic mass is 16.7. The summed E-state index contributed by atoms with van der Waals surface area (Å²) in [5.41, 5.74) is 7.08. The van der Waals surface area contributed by atoms with Crippen LogP contribution < -0.4 is 21.8 Å². The second-order valence-corrected chi connectivity index (χ2v) is 7.03. The minimum absolute atomic E-state index is 0.160. The Kier molecular flexibility index (Phi) is 16.8. The van der Waals surface area contributed by atoms with Gasteiger partial charge in [0.2, 0.25) is 11.8 Å². The van der Waals surface area contributed by atoms with Crippen molar-refractivity contribution in [3.63, 3.8) is 0 Å². The first-order valence-corrected chi connectivity index (χ1v) is 10.2. The van der Waals surface area contributed by atoms with Crippen molar-refractivity contribution >= 4 is 17.8 Å². The van der Waals surface area contributed by atoms with E-state index in [9.17, 15) is 19.7 Å². The molecule has 0 spiro atoms. The minimum atomic E-state index is -0.813. The maximum Gasteiger partial charge on any atom is 0.251 e. The van der Waals surface area contributed by atoms with Gasteiger partial charge in [-0.1, -0.05) is 19.3 Å². The van der Waals surface area contributed by atoms with Crippen LogP contribution in [0.4, 0.5) is 0 Å². The van der Waals surface area contributed by atoms with Gasteiger partial charge in [0.25, 0.3) is 5.96 Å². The second kappa shape index (κ2) is 18.3. The third-order valence-electron chi connectivity index (χ3n) is 3.85. The SMILES string of the molecule is COCCOCCOCC(=O)N[C@@H](CCCN=C(N)N[N+](=O)[O-])C(=O)NCCC(C)C. The van der Waals surface area contributed by atoms with Crippen molar-refractivity contribution in [2.24, 2.45) is 16.6 Å². The summed E-state index contributed by atoms with van der Waals surface area (Å²) in [5.74, 6) is -0.636. The molecule has 0 aliphatic heterocycles. The average molecular weight is 449 g/mol. The number of hydrogen-bond donors (Lipinski definition) is 4. The number of methoxy groups -OCH3 is 1. The molecule has 13 nitrogen and oxygen atoms in total. The number of nitrogens with zero attached hydrogens (tertiary/aromatic N) is 2. The van der Waals surface area contributed by atoms with E-state index in [0.717, 1.165) is 6.42 Å². The summed E-state index contributed by atoms with van der Waals surface area (Å²) in [6, 6.07) is -0.777. The van der Waals surface area contributed by atoms with Crippen LogP contribution in [0.15, 0.2) is 4.99 Å². The number of hydrogen-bond acceptors (Lipinski definition) is 8.